The summed E-state index contributed by atoms with van der Waals surface area (Å²) in [5.41, 5.74) is 0.353. The fourth-order valence-corrected chi connectivity index (χ4v) is 2.51. The lowest BCUT2D eigenvalue weighted by atomic mass is 9.94. The number of aromatic nitrogens is 2. The van der Waals surface area contributed by atoms with Crippen LogP contribution in [0.15, 0.2) is 53.3 Å². The molecule has 0 atom stereocenters. The van der Waals surface area contributed by atoms with Crippen molar-refractivity contribution in [2.45, 2.75) is 26.2 Å². The molecule has 3 aromatic rings. The molecule has 0 aliphatic heterocycles. The number of benzene rings is 2. The lowest BCUT2D eigenvalue weighted by Crippen LogP contribution is -2.31. The van der Waals surface area contributed by atoms with Crippen molar-refractivity contribution in [3.05, 3.63) is 70.5 Å². The topological polar surface area (TPSA) is 34.9 Å². The first-order valence-corrected chi connectivity index (χ1v) is 7.17. The van der Waals surface area contributed by atoms with Gasteiger partial charge in [-0.25, -0.2) is 9.37 Å². The highest BCUT2D eigenvalue weighted by Gasteiger charge is 2.24. The molecule has 0 spiro atoms. The van der Waals surface area contributed by atoms with Gasteiger partial charge in [0.1, 0.15) is 17.0 Å². The molecule has 0 unspecified atom stereocenters. The second kappa shape index (κ2) is 5.05. The highest BCUT2D eigenvalue weighted by molar-refractivity contribution is 5.78. The molecule has 0 radical (unpaired) electrons. The third-order valence-corrected chi connectivity index (χ3v) is 3.53. The van der Waals surface area contributed by atoms with Gasteiger partial charge >= 0.3 is 0 Å². The lowest BCUT2D eigenvalue weighted by molar-refractivity contribution is 0.525. The number of para-hydroxylation sites is 1. The van der Waals surface area contributed by atoms with Crippen LogP contribution in [0.1, 0.15) is 26.6 Å². The van der Waals surface area contributed by atoms with Crippen LogP contribution in [-0.4, -0.2) is 9.55 Å². The van der Waals surface area contributed by atoms with Gasteiger partial charge < -0.3 is 0 Å². The van der Waals surface area contributed by atoms with Crippen LogP contribution in [-0.2, 0) is 5.41 Å². The van der Waals surface area contributed by atoms with Gasteiger partial charge in [-0.1, -0.05) is 45.0 Å². The van der Waals surface area contributed by atoms with Crippen molar-refractivity contribution in [1.29, 1.82) is 0 Å². The minimum atomic E-state index is -0.542. The number of nitrogens with zero attached hydrogens (tertiary/aromatic N) is 2. The van der Waals surface area contributed by atoms with Gasteiger partial charge in [-0.3, -0.25) is 9.36 Å². The average molecular weight is 296 g/mol. The van der Waals surface area contributed by atoms with Crippen molar-refractivity contribution in [3.8, 4) is 5.69 Å². The third-order valence-electron chi connectivity index (χ3n) is 3.53. The summed E-state index contributed by atoms with van der Waals surface area (Å²) in [5, 5.41) is 0.0272. The summed E-state index contributed by atoms with van der Waals surface area (Å²) in [6, 6.07) is 13.8. The van der Waals surface area contributed by atoms with Crippen LogP contribution in [0.25, 0.3) is 16.6 Å². The van der Waals surface area contributed by atoms with Gasteiger partial charge in [0.2, 0.25) is 0 Å². The van der Waals surface area contributed by atoms with Crippen LogP contribution in [0.3, 0.4) is 0 Å². The number of fused-ring (bicyclic) bond motifs is 1. The summed E-state index contributed by atoms with van der Waals surface area (Å²) in [6.45, 7) is 5.96. The van der Waals surface area contributed by atoms with E-state index >= 15 is 0 Å². The first-order chi connectivity index (χ1) is 10.4. The Balaban J connectivity index is 2.50. The normalized spacial score (nSPS) is 11.8. The van der Waals surface area contributed by atoms with E-state index in [1.54, 1.807) is 12.1 Å². The van der Waals surface area contributed by atoms with Crippen LogP contribution in [0.5, 0.6) is 0 Å². The van der Waals surface area contributed by atoms with Gasteiger partial charge in [0.05, 0.1) is 11.2 Å². The van der Waals surface area contributed by atoms with Gasteiger partial charge in [0, 0.05) is 5.41 Å². The number of halogens is 1. The Kier molecular flexibility index (Phi) is 3.32. The molecule has 3 rings (SSSR count). The minimum absolute atomic E-state index is 0.0272. The maximum Gasteiger partial charge on any atom is 0.268 e. The van der Waals surface area contributed by atoms with Gasteiger partial charge in [0.15, 0.2) is 0 Å². The molecule has 112 valence electrons. The summed E-state index contributed by atoms with van der Waals surface area (Å²) in [5.74, 6) is 0.0712. The number of hydrogen-bond acceptors (Lipinski definition) is 2. The zero-order chi connectivity index (χ0) is 15.9. The quantitative estimate of drug-likeness (QED) is 0.684. The predicted molar refractivity (Wildman–Crippen MR) is 86.0 cm³/mol. The molecule has 22 heavy (non-hydrogen) atoms. The number of hydrogen-bond donors (Lipinski definition) is 0. The Morgan fingerprint density at radius 3 is 2.32 bits per heavy atom. The molecular formula is C18H17FN2O. The van der Waals surface area contributed by atoms with Crippen molar-refractivity contribution in [3.63, 3.8) is 0 Å². The Labute approximate surface area is 128 Å². The molecule has 0 bridgehead atoms. The highest BCUT2D eigenvalue weighted by Crippen LogP contribution is 2.24. The molecule has 3 nitrogen and oxygen atoms in total. The smallest absolute Gasteiger partial charge is 0.268 e. The SMILES string of the molecule is CC(C)(C)c1nc2cccc(F)c2c(=O)n1-c1ccccc1. The molecule has 4 heteroatoms. The molecule has 1 heterocycles. The lowest BCUT2D eigenvalue weighted by Gasteiger charge is -2.23. The van der Waals surface area contributed by atoms with Crippen LogP contribution in [0.2, 0.25) is 0 Å². The van der Waals surface area contributed by atoms with Gasteiger partial charge in [0.25, 0.3) is 5.56 Å². The molecule has 0 saturated heterocycles. The standard InChI is InChI=1S/C18H17FN2O/c1-18(2,3)17-20-14-11-7-10-13(19)15(14)16(22)21(17)12-8-5-4-6-9-12/h4-11H,1-3H3. The Morgan fingerprint density at radius 2 is 1.68 bits per heavy atom. The Bertz CT molecular complexity index is 893. The summed E-state index contributed by atoms with van der Waals surface area (Å²) >= 11 is 0. The van der Waals surface area contributed by atoms with E-state index in [9.17, 15) is 9.18 Å². The van der Waals surface area contributed by atoms with Crippen LogP contribution in [0.4, 0.5) is 4.39 Å². The molecule has 0 fully saturated rings. The van der Waals surface area contributed by atoms with E-state index < -0.39 is 5.82 Å². The monoisotopic (exact) mass is 296 g/mol. The van der Waals surface area contributed by atoms with Gasteiger partial charge in [-0.15, -0.1) is 0 Å². The van der Waals surface area contributed by atoms with Crippen molar-refractivity contribution < 1.29 is 4.39 Å². The predicted octanol–water partition coefficient (Wildman–Crippen LogP) is 3.82. The van der Waals surface area contributed by atoms with E-state index in [0.29, 0.717) is 17.0 Å². The Morgan fingerprint density at radius 1 is 1.00 bits per heavy atom. The van der Waals surface area contributed by atoms with Crippen molar-refractivity contribution >= 4 is 10.9 Å². The zero-order valence-corrected chi connectivity index (χ0v) is 12.8. The number of rotatable bonds is 1. The van der Waals surface area contributed by atoms with Crippen molar-refractivity contribution in [2.75, 3.05) is 0 Å². The molecule has 0 amide bonds. The fourth-order valence-electron chi connectivity index (χ4n) is 2.51. The molecular weight excluding hydrogens is 279 g/mol. The summed E-state index contributed by atoms with van der Waals surface area (Å²) in [4.78, 5) is 17.5. The van der Waals surface area contributed by atoms with Crippen LogP contribution < -0.4 is 5.56 Å². The van der Waals surface area contributed by atoms with Crippen LogP contribution in [0, 0.1) is 5.82 Å². The van der Waals surface area contributed by atoms with E-state index in [2.05, 4.69) is 4.98 Å². The van der Waals surface area contributed by atoms with Crippen molar-refractivity contribution in [1.82, 2.24) is 9.55 Å². The molecule has 0 N–H and O–H groups in total. The zero-order valence-electron chi connectivity index (χ0n) is 12.8. The van der Waals surface area contributed by atoms with E-state index in [-0.39, 0.29) is 16.4 Å². The van der Waals surface area contributed by atoms with E-state index in [0.717, 1.165) is 0 Å². The maximum atomic E-state index is 14.1. The molecule has 2 aromatic carbocycles. The van der Waals surface area contributed by atoms with Gasteiger partial charge in [-0.2, -0.15) is 0 Å². The molecule has 0 saturated carbocycles. The Hall–Kier alpha value is -2.49. The van der Waals surface area contributed by atoms with E-state index in [1.165, 1.54) is 10.6 Å². The highest BCUT2D eigenvalue weighted by atomic mass is 19.1. The molecule has 1 aromatic heterocycles. The first kappa shape index (κ1) is 14.4. The first-order valence-electron chi connectivity index (χ1n) is 7.17. The van der Waals surface area contributed by atoms with Crippen molar-refractivity contribution in [2.24, 2.45) is 0 Å². The minimum Gasteiger partial charge on any atom is -0.268 e. The summed E-state index contributed by atoms with van der Waals surface area (Å²) in [7, 11) is 0. The second-order valence-corrected chi connectivity index (χ2v) is 6.30. The van der Waals surface area contributed by atoms with Gasteiger partial charge in [-0.05, 0) is 24.3 Å². The van der Waals surface area contributed by atoms with E-state index in [4.69, 9.17) is 0 Å². The third kappa shape index (κ3) is 2.30. The average Bonchev–Trinajstić information content (AvgIpc) is 2.47. The second-order valence-electron chi connectivity index (χ2n) is 6.30. The molecule has 0 aliphatic rings. The summed E-state index contributed by atoms with van der Waals surface area (Å²) < 4.78 is 15.6. The summed E-state index contributed by atoms with van der Waals surface area (Å²) in [6.07, 6.45) is 0. The van der Waals surface area contributed by atoms with E-state index in [1.807, 2.05) is 51.1 Å². The largest absolute Gasteiger partial charge is 0.268 e. The maximum absolute atomic E-state index is 14.1. The van der Waals surface area contributed by atoms with Crippen LogP contribution >= 0.6 is 0 Å². The fraction of sp³-hybridized carbons (Fsp3) is 0.222. The molecule has 0 aliphatic carbocycles.